The molecular formula is C21H18FNO3. The van der Waals surface area contributed by atoms with E-state index in [2.05, 4.69) is 5.32 Å². The lowest BCUT2D eigenvalue weighted by Crippen LogP contribution is -2.11. The number of ether oxygens (including phenoxy) is 2. The van der Waals surface area contributed by atoms with Gasteiger partial charge in [0.15, 0.2) is 0 Å². The van der Waals surface area contributed by atoms with Gasteiger partial charge >= 0.3 is 0 Å². The fourth-order valence-electron chi connectivity index (χ4n) is 2.35. The van der Waals surface area contributed by atoms with Gasteiger partial charge in [-0.15, -0.1) is 0 Å². The number of anilines is 1. The van der Waals surface area contributed by atoms with Gasteiger partial charge in [0.05, 0.1) is 7.11 Å². The summed E-state index contributed by atoms with van der Waals surface area (Å²) in [6.45, 7) is 0.295. The second-order valence-electron chi connectivity index (χ2n) is 5.63. The van der Waals surface area contributed by atoms with Crippen molar-refractivity contribution in [3.8, 4) is 11.5 Å². The van der Waals surface area contributed by atoms with E-state index in [1.165, 1.54) is 12.1 Å². The molecule has 0 aliphatic heterocycles. The number of carbonyl (C=O) groups is 1. The molecule has 0 spiro atoms. The number of nitrogens with one attached hydrogen (secondary N) is 1. The maximum Gasteiger partial charge on any atom is 0.255 e. The third-order valence-corrected chi connectivity index (χ3v) is 3.76. The van der Waals surface area contributed by atoms with Crippen LogP contribution in [0.4, 0.5) is 10.1 Å². The summed E-state index contributed by atoms with van der Waals surface area (Å²) in [4.78, 5) is 12.4. The van der Waals surface area contributed by atoms with E-state index in [-0.39, 0.29) is 11.7 Å². The zero-order valence-corrected chi connectivity index (χ0v) is 14.2. The van der Waals surface area contributed by atoms with Crippen molar-refractivity contribution < 1.29 is 18.7 Å². The molecule has 3 aromatic carbocycles. The number of amides is 1. The first-order valence-corrected chi connectivity index (χ1v) is 8.07. The normalized spacial score (nSPS) is 10.2. The first-order valence-electron chi connectivity index (χ1n) is 8.07. The molecule has 0 aliphatic rings. The Hall–Kier alpha value is -3.34. The smallest absolute Gasteiger partial charge is 0.255 e. The zero-order valence-electron chi connectivity index (χ0n) is 14.2. The van der Waals surface area contributed by atoms with Crippen LogP contribution < -0.4 is 14.8 Å². The molecule has 1 N–H and O–H groups in total. The topological polar surface area (TPSA) is 47.6 Å². The lowest BCUT2D eigenvalue weighted by atomic mass is 10.2. The Morgan fingerprint density at radius 2 is 1.69 bits per heavy atom. The molecule has 132 valence electrons. The first kappa shape index (κ1) is 17.5. The molecule has 4 nitrogen and oxygen atoms in total. The summed E-state index contributed by atoms with van der Waals surface area (Å²) in [6.07, 6.45) is 0. The molecule has 0 aromatic heterocycles. The van der Waals surface area contributed by atoms with Crippen molar-refractivity contribution in [1.82, 2.24) is 0 Å². The fourth-order valence-corrected chi connectivity index (χ4v) is 2.35. The van der Waals surface area contributed by atoms with Gasteiger partial charge in [-0.2, -0.15) is 0 Å². The van der Waals surface area contributed by atoms with Gasteiger partial charge in [-0.1, -0.05) is 18.2 Å². The van der Waals surface area contributed by atoms with Gasteiger partial charge in [-0.3, -0.25) is 4.79 Å². The Morgan fingerprint density at radius 1 is 0.962 bits per heavy atom. The van der Waals surface area contributed by atoms with Crippen molar-refractivity contribution in [2.45, 2.75) is 6.61 Å². The zero-order chi connectivity index (χ0) is 18.4. The number of benzene rings is 3. The number of halogens is 1. The summed E-state index contributed by atoms with van der Waals surface area (Å²) in [7, 11) is 1.59. The summed E-state index contributed by atoms with van der Waals surface area (Å²) in [5.74, 6) is 0.768. The predicted molar refractivity (Wildman–Crippen MR) is 98.1 cm³/mol. The van der Waals surface area contributed by atoms with Crippen LogP contribution >= 0.6 is 0 Å². The molecule has 0 unspecified atom stereocenters. The molecule has 0 aliphatic carbocycles. The van der Waals surface area contributed by atoms with Gasteiger partial charge in [0, 0.05) is 11.3 Å². The molecule has 0 radical (unpaired) electrons. The van der Waals surface area contributed by atoms with Crippen LogP contribution in [0.1, 0.15) is 15.9 Å². The summed E-state index contributed by atoms with van der Waals surface area (Å²) < 4.78 is 23.7. The highest BCUT2D eigenvalue weighted by Crippen LogP contribution is 2.19. The van der Waals surface area contributed by atoms with Crippen molar-refractivity contribution in [3.63, 3.8) is 0 Å². The SMILES string of the molecule is COc1ccc(NC(=O)c2cccc(OCc3ccc(F)cc3)c2)cc1. The van der Waals surface area contributed by atoms with E-state index in [1.807, 2.05) is 0 Å². The van der Waals surface area contributed by atoms with Crippen LogP contribution in [-0.4, -0.2) is 13.0 Å². The molecule has 5 heteroatoms. The lowest BCUT2D eigenvalue weighted by Gasteiger charge is -2.09. The van der Waals surface area contributed by atoms with Crippen LogP contribution in [0.25, 0.3) is 0 Å². The molecule has 26 heavy (non-hydrogen) atoms. The third-order valence-electron chi connectivity index (χ3n) is 3.76. The molecule has 0 saturated heterocycles. The van der Waals surface area contributed by atoms with E-state index in [1.54, 1.807) is 67.8 Å². The molecule has 1 amide bonds. The fraction of sp³-hybridized carbons (Fsp3) is 0.0952. The second kappa shape index (κ2) is 8.16. The Bertz CT molecular complexity index is 877. The largest absolute Gasteiger partial charge is 0.497 e. The Morgan fingerprint density at radius 3 is 2.38 bits per heavy atom. The summed E-state index contributed by atoms with van der Waals surface area (Å²) >= 11 is 0. The molecular weight excluding hydrogens is 333 g/mol. The van der Waals surface area contributed by atoms with Gasteiger partial charge in [0.25, 0.3) is 5.91 Å². The minimum atomic E-state index is -0.286. The van der Waals surface area contributed by atoms with E-state index in [4.69, 9.17) is 9.47 Å². The Balaban J connectivity index is 1.63. The van der Waals surface area contributed by atoms with Crippen molar-refractivity contribution in [3.05, 3.63) is 89.7 Å². The molecule has 0 saturated carbocycles. The second-order valence-corrected chi connectivity index (χ2v) is 5.63. The average molecular weight is 351 g/mol. The molecule has 0 atom stereocenters. The molecule has 0 bridgehead atoms. The van der Waals surface area contributed by atoms with E-state index in [0.717, 1.165) is 11.3 Å². The summed E-state index contributed by atoms with van der Waals surface area (Å²) in [5, 5.41) is 2.83. The summed E-state index contributed by atoms with van der Waals surface area (Å²) in [5.41, 5.74) is 2.00. The number of methoxy groups -OCH3 is 1. The highest BCUT2D eigenvalue weighted by molar-refractivity contribution is 6.04. The minimum absolute atomic E-state index is 0.234. The van der Waals surface area contributed by atoms with Gasteiger partial charge in [-0.25, -0.2) is 4.39 Å². The van der Waals surface area contributed by atoms with Crippen LogP contribution in [0.2, 0.25) is 0 Å². The van der Waals surface area contributed by atoms with Crippen LogP contribution in [0.5, 0.6) is 11.5 Å². The monoisotopic (exact) mass is 351 g/mol. The van der Waals surface area contributed by atoms with Crippen molar-refractivity contribution in [1.29, 1.82) is 0 Å². The van der Waals surface area contributed by atoms with Crippen LogP contribution in [0.15, 0.2) is 72.8 Å². The van der Waals surface area contributed by atoms with Gasteiger partial charge in [-0.05, 0) is 60.2 Å². The van der Waals surface area contributed by atoms with Crippen LogP contribution in [-0.2, 0) is 6.61 Å². The number of hydrogen-bond acceptors (Lipinski definition) is 3. The quantitative estimate of drug-likeness (QED) is 0.702. The van der Waals surface area contributed by atoms with Gasteiger partial charge in [0.1, 0.15) is 23.9 Å². The van der Waals surface area contributed by atoms with E-state index >= 15 is 0 Å². The average Bonchev–Trinajstić information content (AvgIpc) is 2.68. The maximum absolute atomic E-state index is 12.9. The number of rotatable bonds is 6. The predicted octanol–water partition coefficient (Wildman–Crippen LogP) is 4.67. The third kappa shape index (κ3) is 4.60. The van der Waals surface area contributed by atoms with E-state index < -0.39 is 0 Å². The van der Waals surface area contributed by atoms with Crippen LogP contribution in [0, 0.1) is 5.82 Å². The maximum atomic E-state index is 12.9. The molecule has 0 heterocycles. The standard InChI is InChI=1S/C21H18FNO3/c1-25-19-11-9-18(10-12-19)23-21(24)16-3-2-4-20(13-16)26-14-15-5-7-17(22)8-6-15/h2-13H,14H2,1H3,(H,23,24). The van der Waals surface area contributed by atoms with Crippen molar-refractivity contribution in [2.24, 2.45) is 0 Å². The highest BCUT2D eigenvalue weighted by atomic mass is 19.1. The van der Waals surface area contributed by atoms with Crippen molar-refractivity contribution >= 4 is 11.6 Å². The summed E-state index contributed by atoms with van der Waals surface area (Å²) in [6, 6.07) is 20.1. The van der Waals surface area contributed by atoms with Gasteiger partial charge < -0.3 is 14.8 Å². The van der Waals surface area contributed by atoms with Crippen LogP contribution in [0.3, 0.4) is 0 Å². The lowest BCUT2D eigenvalue weighted by molar-refractivity contribution is 0.102. The number of hydrogen-bond donors (Lipinski definition) is 1. The number of carbonyl (C=O) groups excluding carboxylic acids is 1. The molecule has 3 aromatic rings. The highest BCUT2D eigenvalue weighted by Gasteiger charge is 2.08. The van der Waals surface area contributed by atoms with E-state index in [9.17, 15) is 9.18 Å². The molecule has 3 rings (SSSR count). The van der Waals surface area contributed by atoms with Crippen molar-refractivity contribution in [2.75, 3.05) is 12.4 Å². The van der Waals surface area contributed by atoms with E-state index in [0.29, 0.717) is 23.6 Å². The van der Waals surface area contributed by atoms with Gasteiger partial charge in [0.2, 0.25) is 0 Å². The first-order chi connectivity index (χ1) is 12.6. The molecule has 0 fully saturated rings. The Kier molecular flexibility index (Phi) is 5.49. The Labute approximate surface area is 151 Å². The minimum Gasteiger partial charge on any atom is -0.497 e.